The van der Waals surface area contributed by atoms with Crippen LogP contribution in [0.3, 0.4) is 0 Å². The zero-order valence-electron chi connectivity index (χ0n) is 12.1. The number of carbonyl (C=O) groups is 1. The summed E-state index contributed by atoms with van der Waals surface area (Å²) in [6, 6.07) is 6.80. The number of aromatic nitrogens is 1. The predicted molar refractivity (Wildman–Crippen MR) is 84.1 cm³/mol. The molecule has 5 nitrogen and oxygen atoms in total. The number of rotatable bonds is 6. The first-order chi connectivity index (χ1) is 10.5. The van der Waals surface area contributed by atoms with Gasteiger partial charge in [-0.15, -0.1) is 0 Å². The van der Waals surface area contributed by atoms with E-state index in [1.165, 1.54) is 0 Å². The quantitative estimate of drug-likeness (QED) is 0.874. The molecule has 0 fully saturated rings. The molecular formula is C15H16Cl2N2O3. The van der Waals surface area contributed by atoms with Crippen molar-refractivity contribution >= 4 is 29.1 Å². The molecule has 0 saturated heterocycles. The molecule has 2 aromatic rings. The van der Waals surface area contributed by atoms with Gasteiger partial charge in [0.15, 0.2) is 5.69 Å². The fourth-order valence-electron chi connectivity index (χ4n) is 2.00. The second-order valence-corrected chi connectivity index (χ2v) is 5.69. The molecule has 1 aromatic heterocycles. The Labute approximate surface area is 138 Å². The highest BCUT2D eigenvalue weighted by Crippen LogP contribution is 2.23. The Morgan fingerprint density at radius 1 is 1.32 bits per heavy atom. The summed E-state index contributed by atoms with van der Waals surface area (Å²) in [4.78, 5) is 14.1. The van der Waals surface area contributed by atoms with Gasteiger partial charge in [-0.05, 0) is 31.0 Å². The van der Waals surface area contributed by atoms with Crippen molar-refractivity contribution in [3.63, 3.8) is 0 Å². The largest absolute Gasteiger partial charge is 0.396 e. The number of benzene rings is 1. The zero-order valence-corrected chi connectivity index (χ0v) is 13.6. The molecule has 0 atom stereocenters. The molecule has 0 saturated carbocycles. The Kier molecular flexibility index (Phi) is 5.83. The van der Waals surface area contributed by atoms with Gasteiger partial charge in [0.25, 0.3) is 5.91 Å². The lowest BCUT2D eigenvalue weighted by atomic mass is 10.2. The van der Waals surface area contributed by atoms with Crippen molar-refractivity contribution < 1.29 is 14.4 Å². The average molecular weight is 343 g/mol. The molecule has 22 heavy (non-hydrogen) atoms. The molecule has 0 aliphatic carbocycles. The van der Waals surface area contributed by atoms with E-state index in [1.54, 1.807) is 30.0 Å². The highest BCUT2D eigenvalue weighted by Gasteiger charge is 2.19. The first-order valence-corrected chi connectivity index (χ1v) is 7.54. The average Bonchev–Trinajstić information content (AvgIpc) is 2.93. The summed E-state index contributed by atoms with van der Waals surface area (Å²) in [6.07, 6.45) is 0.476. The van der Waals surface area contributed by atoms with Crippen LogP contribution in [0.2, 0.25) is 10.0 Å². The molecule has 0 aliphatic rings. The van der Waals surface area contributed by atoms with Crippen molar-refractivity contribution in [3.8, 4) is 0 Å². The van der Waals surface area contributed by atoms with Crippen LogP contribution in [-0.2, 0) is 6.54 Å². The van der Waals surface area contributed by atoms with Crippen molar-refractivity contribution in [1.29, 1.82) is 0 Å². The number of carbonyl (C=O) groups excluding carboxylic acids is 1. The number of hydrogen-bond acceptors (Lipinski definition) is 4. The molecule has 1 N–H and O–H groups in total. The Morgan fingerprint density at radius 2 is 2.09 bits per heavy atom. The second kappa shape index (κ2) is 7.63. The summed E-state index contributed by atoms with van der Waals surface area (Å²) in [5.74, 6) is 0.316. The van der Waals surface area contributed by atoms with E-state index in [2.05, 4.69) is 5.16 Å². The number of aliphatic hydroxyl groups is 1. The Morgan fingerprint density at radius 3 is 2.68 bits per heavy atom. The smallest absolute Gasteiger partial charge is 0.276 e. The van der Waals surface area contributed by atoms with Gasteiger partial charge in [0.2, 0.25) is 0 Å². The molecule has 1 heterocycles. The monoisotopic (exact) mass is 342 g/mol. The van der Waals surface area contributed by atoms with Gasteiger partial charge in [0, 0.05) is 25.8 Å². The molecule has 0 bridgehead atoms. The minimum atomic E-state index is -0.253. The Bertz CT molecular complexity index is 658. The van der Waals surface area contributed by atoms with E-state index in [4.69, 9.17) is 32.8 Å². The summed E-state index contributed by atoms with van der Waals surface area (Å²) in [5.41, 5.74) is 1.09. The number of aliphatic hydroxyl groups excluding tert-OH is 1. The maximum absolute atomic E-state index is 12.5. The summed E-state index contributed by atoms with van der Waals surface area (Å²) < 4.78 is 4.94. The maximum atomic E-state index is 12.5. The van der Waals surface area contributed by atoms with Crippen LogP contribution in [0.5, 0.6) is 0 Å². The van der Waals surface area contributed by atoms with E-state index < -0.39 is 0 Å². The number of halogens is 2. The number of hydrogen-bond donors (Lipinski definition) is 1. The molecule has 0 radical (unpaired) electrons. The van der Waals surface area contributed by atoms with Crippen molar-refractivity contribution in [3.05, 3.63) is 51.3 Å². The molecule has 1 amide bonds. The maximum Gasteiger partial charge on any atom is 0.276 e. The minimum Gasteiger partial charge on any atom is -0.396 e. The van der Waals surface area contributed by atoms with Gasteiger partial charge in [0.1, 0.15) is 5.76 Å². The summed E-state index contributed by atoms with van der Waals surface area (Å²) >= 11 is 11.9. The normalized spacial score (nSPS) is 10.7. The van der Waals surface area contributed by atoms with Crippen LogP contribution in [0.25, 0.3) is 0 Å². The van der Waals surface area contributed by atoms with Crippen molar-refractivity contribution in [2.45, 2.75) is 19.9 Å². The third kappa shape index (κ3) is 4.22. The van der Waals surface area contributed by atoms with Gasteiger partial charge < -0.3 is 14.5 Å². The van der Waals surface area contributed by atoms with E-state index in [0.717, 1.165) is 5.56 Å². The molecule has 1 aromatic carbocycles. The fourth-order valence-corrected chi connectivity index (χ4v) is 2.32. The number of amides is 1. The van der Waals surface area contributed by atoms with Gasteiger partial charge in [0.05, 0.1) is 10.0 Å². The molecule has 2 rings (SSSR count). The SMILES string of the molecule is Cc1cc(C(=O)N(CCCO)Cc2ccc(Cl)c(Cl)c2)no1. The topological polar surface area (TPSA) is 66.6 Å². The third-order valence-corrected chi connectivity index (χ3v) is 3.82. The number of aryl methyl sites for hydroxylation is 1. The van der Waals surface area contributed by atoms with Crippen LogP contribution in [0.4, 0.5) is 0 Å². The lowest BCUT2D eigenvalue weighted by Crippen LogP contribution is -2.32. The molecule has 0 spiro atoms. The first kappa shape index (κ1) is 16.8. The van der Waals surface area contributed by atoms with E-state index in [9.17, 15) is 4.79 Å². The Hall–Kier alpha value is -1.56. The van der Waals surface area contributed by atoms with E-state index >= 15 is 0 Å². The van der Waals surface area contributed by atoms with Gasteiger partial charge >= 0.3 is 0 Å². The van der Waals surface area contributed by atoms with Crippen LogP contribution >= 0.6 is 23.2 Å². The van der Waals surface area contributed by atoms with Crippen LogP contribution in [0.15, 0.2) is 28.8 Å². The summed E-state index contributed by atoms with van der Waals surface area (Å²) in [5, 5.41) is 13.6. The highest BCUT2D eigenvalue weighted by molar-refractivity contribution is 6.42. The standard InChI is InChI=1S/C15H16Cl2N2O3/c1-10-7-14(18-22-10)15(21)19(5-2-6-20)9-11-3-4-12(16)13(17)8-11/h3-4,7-8,20H,2,5-6,9H2,1H3. The minimum absolute atomic E-state index is 0.00297. The van der Waals surface area contributed by atoms with Gasteiger partial charge in [-0.2, -0.15) is 0 Å². The van der Waals surface area contributed by atoms with Crippen LogP contribution < -0.4 is 0 Å². The molecule has 0 aliphatic heterocycles. The highest BCUT2D eigenvalue weighted by atomic mass is 35.5. The van der Waals surface area contributed by atoms with Gasteiger partial charge in [-0.25, -0.2) is 0 Å². The summed E-state index contributed by atoms with van der Waals surface area (Å²) in [6.45, 7) is 2.48. The summed E-state index contributed by atoms with van der Waals surface area (Å²) in [7, 11) is 0. The molecule has 118 valence electrons. The molecule has 0 unspecified atom stereocenters. The van der Waals surface area contributed by atoms with Crippen LogP contribution in [-0.4, -0.2) is 34.2 Å². The lowest BCUT2D eigenvalue weighted by Gasteiger charge is -2.21. The fraction of sp³-hybridized carbons (Fsp3) is 0.333. The number of nitrogens with zero attached hydrogens (tertiary/aromatic N) is 2. The van der Waals surface area contributed by atoms with Gasteiger partial charge in [-0.1, -0.05) is 34.4 Å². The third-order valence-electron chi connectivity index (χ3n) is 3.08. The van der Waals surface area contributed by atoms with Crippen LogP contribution in [0.1, 0.15) is 28.2 Å². The second-order valence-electron chi connectivity index (χ2n) is 4.88. The first-order valence-electron chi connectivity index (χ1n) is 6.78. The molecule has 7 heteroatoms. The molecular weight excluding hydrogens is 327 g/mol. The van der Waals surface area contributed by atoms with Crippen molar-refractivity contribution in [2.75, 3.05) is 13.2 Å². The van der Waals surface area contributed by atoms with Crippen molar-refractivity contribution in [2.24, 2.45) is 0 Å². The Balaban J connectivity index is 2.18. The predicted octanol–water partition coefficient (Wildman–Crippen LogP) is 3.31. The van der Waals surface area contributed by atoms with Gasteiger partial charge in [-0.3, -0.25) is 4.79 Å². The van der Waals surface area contributed by atoms with E-state index in [0.29, 0.717) is 35.3 Å². The zero-order chi connectivity index (χ0) is 16.1. The van der Waals surface area contributed by atoms with E-state index in [1.807, 2.05) is 6.07 Å². The lowest BCUT2D eigenvalue weighted by molar-refractivity contribution is 0.0721. The van der Waals surface area contributed by atoms with Crippen LogP contribution in [0, 0.1) is 6.92 Å². The van der Waals surface area contributed by atoms with E-state index in [-0.39, 0.29) is 18.2 Å². The van der Waals surface area contributed by atoms with Crippen molar-refractivity contribution in [1.82, 2.24) is 10.1 Å².